The Bertz CT molecular complexity index is 980. The van der Waals surface area contributed by atoms with Gasteiger partial charge in [0.15, 0.2) is 0 Å². The summed E-state index contributed by atoms with van der Waals surface area (Å²) in [5.74, 6) is 0.135. The van der Waals surface area contributed by atoms with Crippen LogP contribution in [0, 0.1) is 5.92 Å². The summed E-state index contributed by atoms with van der Waals surface area (Å²) in [7, 11) is 3.17. The molecule has 2 aliphatic carbocycles. The van der Waals surface area contributed by atoms with Gasteiger partial charge in [0, 0.05) is 32.2 Å². The molecule has 0 unspecified atom stereocenters. The molecule has 0 saturated heterocycles. The minimum absolute atomic E-state index is 0.00529. The number of nitrogens with one attached hydrogen (secondary N) is 1. The lowest BCUT2D eigenvalue weighted by molar-refractivity contribution is -0.121. The first kappa shape index (κ1) is 19.7. The minimum Gasteiger partial charge on any atom is -0.358 e. The maximum absolute atomic E-state index is 13.3. The Morgan fingerprint density at radius 1 is 1.10 bits per heavy atom. The number of rotatable bonds is 6. The predicted octanol–water partition coefficient (Wildman–Crippen LogP) is 2.54. The van der Waals surface area contributed by atoms with Crippen LogP contribution in [0.15, 0.2) is 23.0 Å². The van der Waals surface area contributed by atoms with Crippen molar-refractivity contribution in [2.75, 3.05) is 20.6 Å². The molecule has 2 aliphatic rings. The number of likely N-dealkylation sites (N-methyl/N-ethyl adjacent to an activating group) is 2. The van der Waals surface area contributed by atoms with E-state index in [1.165, 1.54) is 11.3 Å². The zero-order chi connectivity index (χ0) is 20.5. The number of aromatic nitrogens is 2. The second-order valence-electron chi connectivity index (χ2n) is 8.54. The van der Waals surface area contributed by atoms with E-state index in [1.54, 1.807) is 20.2 Å². The van der Waals surface area contributed by atoms with Crippen molar-refractivity contribution in [1.29, 1.82) is 0 Å². The number of carbonyl (C=O) groups is 2. The maximum Gasteiger partial charge on any atom is 0.329 e. The SMILES string of the molecule is CNC(=O)CN(C)C(=O)c1ccc2c(c1)n(CC1CC1)c(=O)n2C1CCCCC1. The molecule has 1 aromatic carbocycles. The first-order chi connectivity index (χ1) is 14.0. The van der Waals surface area contributed by atoms with E-state index in [9.17, 15) is 14.4 Å². The standard InChI is InChI=1S/C22H30N4O3/c1-23-20(27)14-24(2)21(28)16-10-11-18-19(12-16)25(13-15-8-9-15)22(29)26(18)17-6-4-3-5-7-17/h10-12,15,17H,3-9,13-14H2,1-2H3,(H,23,27). The van der Waals surface area contributed by atoms with Crippen molar-refractivity contribution in [1.82, 2.24) is 19.4 Å². The molecule has 0 atom stereocenters. The third kappa shape index (κ3) is 3.95. The molecule has 0 spiro atoms. The van der Waals surface area contributed by atoms with E-state index in [0.717, 1.165) is 56.1 Å². The molecule has 1 N–H and O–H groups in total. The summed E-state index contributed by atoms with van der Waals surface area (Å²) in [5.41, 5.74) is 2.33. The van der Waals surface area contributed by atoms with Crippen LogP contribution in [0.1, 0.15) is 61.3 Å². The first-order valence-electron chi connectivity index (χ1n) is 10.7. The molecule has 2 saturated carbocycles. The van der Waals surface area contributed by atoms with Crippen molar-refractivity contribution in [2.24, 2.45) is 5.92 Å². The Morgan fingerprint density at radius 2 is 1.83 bits per heavy atom. The number of amides is 2. The Hall–Kier alpha value is -2.57. The molecule has 156 valence electrons. The van der Waals surface area contributed by atoms with Gasteiger partial charge >= 0.3 is 5.69 Å². The highest BCUT2D eigenvalue weighted by atomic mass is 16.2. The average Bonchev–Trinajstić information content (AvgIpc) is 3.52. The van der Waals surface area contributed by atoms with Gasteiger partial charge in [-0.1, -0.05) is 19.3 Å². The number of carbonyl (C=O) groups excluding carboxylic acids is 2. The van der Waals surface area contributed by atoms with Crippen LogP contribution < -0.4 is 11.0 Å². The molecular formula is C22H30N4O3. The molecule has 29 heavy (non-hydrogen) atoms. The summed E-state index contributed by atoms with van der Waals surface area (Å²) in [6.45, 7) is 0.728. The van der Waals surface area contributed by atoms with Gasteiger partial charge in [0.25, 0.3) is 5.91 Å². The molecule has 2 amide bonds. The molecular weight excluding hydrogens is 368 g/mol. The van der Waals surface area contributed by atoms with Crippen LogP contribution in [0.5, 0.6) is 0 Å². The van der Waals surface area contributed by atoms with Crippen molar-refractivity contribution in [3.63, 3.8) is 0 Å². The van der Waals surface area contributed by atoms with E-state index in [4.69, 9.17) is 0 Å². The Kier molecular flexibility index (Phi) is 5.48. The summed E-state index contributed by atoms with van der Waals surface area (Å²) in [6.07, 6.45) is 7.96. The monoisotopic (exact) mass is 398 g/mol. The number of benzene rings is 1. The molecule has 7 nitrogen and oxygen atoms in total. The van der Waals surface area contributed by atoms with E-state index in [2.05, 4.69) is 5.32 Å². The summed E-state index contributed by atoms with van der Waals surface area (Å²) in [4.78, 5) is 39.2. The van der Waals surface area contributed by atoms with Crippen molar-refractivity contribution < 1.29 is 9.59 Å². The molecule has 1 aromatic heterocycles. The van der Waals surface area contributed by atoms with Gasteiger partial charge in [-0.2, -0.15) is 0 Å². The first-order valence-corrected chi connectivity index (χ1v) is 10.7. The minimum atomic E-state index is -0.216. The molecule has 2 aromatic rings. The Balaban J connectivity index is 1.73. The summed E-state index contributed by atoms with van der Waals surface area (Å²) in [6, 6.07) is 5.78. The normalized spacial score (nSPS) is 17.4. The second-order valence-corrected chi connectivity index (χ2v) is 8.54. The van der Waals surface area contributed by atoms with Crippen LogP contribution in [0.3, 0.4) is 0 Å². The van der Waals surface area contributed by atoms with E-state index in [-0.39, 0.29) is 30.1 Å². The van der Waals surface area contributed by atoms with Crippen molar-refractivity contribution in [2.45, 2.75) is 57.5 Å². The lowest BCUT2D eigenvalue weighted by Crippen LogP contribution is -2.36. The van der Waals surface area contributed by atoms with Crippen LogP contribution in [0.2, 0.25) is 0 Å². The Labute approximate surface area is 170 Å². The van der Waals surface area contributed by atoms with Crippen molar-refractivity contribution in [3.8, 4) is 0 Å². The van der Waals surface area contributed by atoms with Crippen LogP contribution >= 0.6 is 0 Å². The van der Waals surface area contributed by atoms with Crippen molar-refractivity contribution >= 4 is 22.8 Å². The second kappa shape index (κ2) is 8.05. The van der Waals surface area contributed by atoms with Gasteiger partial charge in [-0.05, 0) is 49.8 Å². The summed E-state index contributed by atoms with van der Waals surface area (Å²) < 4.78 is 3.84. The molecule has 0 aliphatic heterocycles. The Morgan fingerprint density at radius 3 is 2.48 bits per heavy atom. The van der Waals surface area contributed by atoms with Gasteiger partial charge < -0.3 is 10.2 Å². The zero-order valence-corrected chi connectivity index (χ0v) is 17.3. The third-order valence-electron chi connectivity index (χ3n) is 6.29. The molecule has 2 fully saturated rings. The molecule has 7 heteroatoms. The highest BCUT2D eigenvalue weighted by Crippen LogP contribution is 2.33. The van der Waals surface area contributed by atoms with Gasteiger partial charge in [0.05, 0.1) is 17.6 Å². The average molecular weight is 399 g/mol. The quantitative estimate of drug-likeness (QED) is 0.812. The summed E-state index contributed by atoms with van der Waals surface area (Å²) >= 11 is 0. The largest absolute Gasteiger partial charge is 0.358 e. The highest BCUT2D eigenvalue weighted by Gasteiger charge is 2.28. The highest BCUT2D eigenvalue weighted by molar-refractivity contribution is 5.99. The lowest BCUT2D eigenvalue weighted by atomic mass is 9.95. The van der Waals surface area contributed by atoms with Gasteiger partial charge in [-0.3, -0.25) is 18.7 Å². The fourth-order valence-electron chi connectivity index (χ4n) is 4.43. The van der Waals surface area contributed by atoms with Gasteiger partial charge in [-0.25, -0.2) is 4.79 Å². The lowest BCUT2D eigenvalue weighted by Gasteiger charge is -2.23. The molecule has 0 radical (unpaired) electrons. The van der Waals surface area contributed by atoms with Crippen LogP contribution in [0.25, 0.3) is 11.0 Å². The van der Waals surface area contributed by atoms with E-state index >= 15 is 0 Å². The van der Waals surface area contributed by atoms with E-state index in [1.807, 2.05) is 21.3 Å². The number of hydrogen-bond donors (Lipinski definition) is 1. The zero-order valence-electron chi connectivity index (χ0n) is 17.3. The topological polar surface area (TPSA) is 76.3 Å². The fourth-order valence-corrected chi connectivity index (χ4v) is 4.43. The fraction of sp³-hybridized carbons (Fsp3) is 0.591. The van der Waals surface area contributed by atoms with Gasteiger partial charge in [0.1, 0.15) is 0 Å². The van der Waals surface area contributed by atoms with Crippen LogP contribution in [-0.2, 0) is 11.3 Å². The van der Waals surface area contributed by atoms with Crippen LogP contribution in [-0.4, -0.2) is 46.5 Å². The van der Waals surface area contributed by atoms with Gasteiger partial charge in [0.2, 0.25) is 5.91 Å². The molecule has 1 heterocycles. The predicted molar refractivity (Wildman–Crippen MR) is 112 cm³/mol. The molecule has 4 rings (SSSR count). The van der Waals surface area contributed by atoms with Crippen LogP contribution in [0.4, 0.5) is 0 Å². The number of hydrogen-bond acceptors (Lipinski definition) is 3. The maximum atomic E-state index is 13.3. The van der Waals surface area contributed by atoms with E-state index < -0.39 is 0 Å². The summed E-state index contributed by atoms with van der Waals surface area (Å²) in [5, 5.41) is 2.54. The number of fused-ring (bicyclic) bond motifs is 1. The van der Waals surface area contributed by atoms with Crippen molar-refractivity contribution in [3.05, 3.63) is 34.2 Å². The van der Waals surface area contributed by atoms with Gasteiger partial charge in [-0.15, -0.1) is 0 Å². The third-order valence-corrected chi connectivity index (χ3v) is 6.29. The smallest absolute Gasteiger partial charge is 0.329 e. The molecule has 0 bridgehead atoms. The van der Waals surface area contributed by atoms with E-state index in [0.29, 0.717) is 11.5 Å². The number of imidazole rings is 1. The number of nitrogens with zero attached hydrogens (tertiary/aromatic N) is 3.